The Bertz CT molecular complexity index is 1740. The van der Waals surface area contributed by atoms with E-state index in [4.69, 9.17) is 15.2 Å². The molecule has 21 nitrogen and oxygen atoms in total. The molecule has 2 unspecified atom stereocenters. The number of halogens is 1. The number of carbonyl (C=O) groups excluding carboxylic acids is 1. The summed E-state index contributed by atoms with van der Waals surface area (Å²) in [6, 6.07) is 2.80. The van der Waals surface area contributed by atoms with Gasteiger partial charge in [-0.1, -0.05) is 0 Å². The van der Waals surface area contributed by atoms with Crippen LogP contribution in [0.1, 0.15) is 22.8 Å². The van der Waals surface area contributed by atoms with Crippen molar-refractivity contribution in [2.45, 2.75) is 49.1 Å². The number of amides is 1. The Morgan fingerprint density at radius 2 is 1.80 bits per heavy atom. The van der Waals surface area contributed by atoms with Gasteiger partial charge in [-0.25, -0.2) is 18.8 Å². The van der Waals surface area contributed by atoms with E-state index in [9.17, 15) is 48.9 Å². The Morgan fingerprint density at radius 1 is 1.13 bits per heavy atom. The van der Waals surface area contributed by atoms with Gasteiger partial charge < -0.3 is 54.9 Å². The summed E-state index contributed by atoms with van der Waals surface area (Å²) in [5, 5.41) is 41.7. The van der Waals surface area contributed by atoms with Crippen molar-refractivity contribution in [1.82, 2.24) is 19.5 Å². The molecule has 3 aromatic heterocycles. The van der Waals surface area contributed by atoms with Crippen LogP contribution in [0.15, 0.2) is 40.4 Å². The molecule has 0 aromatic carbocycles. The predicted octanol–water partition coefficient (Wildman–Crippen LogP) is -3.17. The quantitative estimate of drug-likeness (QED) is 0.0578. The number of phosphoric acid groups is 2. The number of hydrogen-bond acceptors (Lipinski definition) is 16. The van der Waals surface area contributed by atoms with E-state index < -0.39 is 89.4 Å². The lowest BCUT2D eigenvalue weighted by Gasteiger charge is -2.26. The molecule has 2 fully saturated rings. The van der Waals surface area contributed by atoms with Crippen LogP contribution in [0, 0.1) is 0 Å². The fourth-order valence-electron chi connectivity index (χ4n) is 4.62. The number of H-pyrrole nitrogens is 1. The van der Waals surface area contributed by atoms with E-state index in [-0.39, 0.29) is 21.5 Å². The van der Waals surface area contributed by atoms with Gasteiger partial charge in [0.1, 0.15) is 36.1 Å². The van der Waals surface area contributed by atoms with E-state index in [1.807, 2.05) is 0 Å². The van der Waals surface area contributed by atoms with Crippen molar-refractivity contribution in [3.05, 3.63) is 51.5 Å². The number of rotatable bonds is 11. The maximum absolute atomic E-state index is 12.4. The average Bonchev–Trinajstić information content (AvgIpc) is 3.56. The zero-order valence-corrected chi connectivity index (χ0v) is 25.8. The molecule has 3 aromatic rings. The highest BCUT2D eigenvalue weighted by atomic mass is 79.9. The summed E-state index contributed by atoms with van der Waals surface area (Å²) in [6.07, 6.45) is -8.75. The van der Waals surface area contributed by atoms with Crippen molar-refractivity contribution < 1.29 is 71.5 Å². The Kier molecular flexibility index (Phi) is 9.72. The molecule has 8 N–H and O–H groups in total. The summed E-state index contributed by atoms with van der Waals surface area (Å²) < 4.78 is 51.5. The summed E-state index contributed by atoms with van der Waals surface area (Å²) in [7, 11) is -11.1. The van der Waals surface area contributed by atoms with E-state index in [1.165, 1.54) is 29.1 Å². The SMILES string of the molecule is NC(=O)c1ccc[n+]([C@@H]2O[C@H](COP(=O)([O-])OP(=O)(O)OC[C@H]3O[C@@H](n4c(Br)nc5c(=O)[nH]cnc54)[C@H](O)[C@@H]3O)[C@@H](O)[C@H]2O)c1. The van der Waals surface area contributed by atoms with Crippen LogP contribution < -0.4 is 20.8 Å². The first-order valence-corrected chi connectivity index (χ1v) is 16.4. The number of hydrogen-bond donors (Lipinski definition) is 7. The van der Waals surface area contributed by atoms with Crippen LogP contribution in [0.4, 0.5) is 0 Å². The summed E-state index contributed by atoms with van der Waals surface area (Å²) in [4.78, 5) is 56.0. The van der Waals surface area contributed by atoms with Gasteiger partial charge in [0, 0.05) is 6.07 Å². The number of primary amides is 1. The first-order chi connectivity index (χ1) is 21.1. The van der Waals surface area contributed by atoms with Crippen LogP contribution in [0.2, 0.25) is 0 Å². The number of aliphatic hydroxyl groups is 4. The summed E-state index contributed by atoms with van der Waals surface area (Å²) in [5.41, 5.74) is 4.53. The fraction of sp³-hybridized carbons (Fsp3) is 0.476. The Balaban J connectivity index is 1.17. The molecule has 246 valence electrons. The minimum atomic E-state index is -5.65. The number of aliphatic hydroxyl groups excluding tert-OH is 4. The van der Waals surface area contributed by atoms with Crippen molar-refractivity contribution in [3.63, 3.8) is 0 Å². The Labute approximate surface area is 259 Å². The third-order valence-electron chi connectivity index (χ3n) is 6.77. The molecule has 24 heteroatoms. The smallest absolute Gasteiger partial charge is 0.478 e. The number of aromatic nitrogens is 5. The normalized spacial score (nSPS) is 31.2. The van der Waals surface area contributed by atoms with Crippen LogP contribution >= 0.6 is 31.6 Å². The highest BCUT2D eigenvalue weighted by Gasteiger charge is 2.49. The second kappa shape index (κ2) is 12.9. The number of aromatic amines is 1. The zero-order valence-electron chi connectivity index (χ0n) is 22.4. The van der Waals surface area contributed by atoms with Gasteiger partial charge in [0.05, 0.1) is 19.5 Å². The van der Waals surface area contributed by atoms with Gasteiger partial charge in [-0.2, -0.15) is 4.57 Å². The van der Waals surface area contributed by atoms with Crippen LogP contribution in [0.5, 0.6) is 0 Å². The molecule has 0 radical (unpaired) electrons. The third kappa shape index (κ3) is 7.09. The van der Waals surface area contributed by atoms with Gasteiger partial charge in [-0.3, -0.25) is 23.2 Å². The molecular formula is C21H25BrN6O15P2. The minimum absolute atomic E-state index is 0.00639. The number of nitrogens with two attached hydrogens (primary N) is 1. The molecular weight excluding hydrogens is 718 g/mol. The first kappa shape index (κ1) is 33.8. The van der Waals surface area contributed by atoms with E-state index >= 15 is 0 Å². The maximum Gasteiger partial charge on any atom is 0.478 e. The van der Waals surface area contributed by atoms with Crippen molar-refractivity contribution in [3.8, 4) is 0 Å². The molecule has 0 bridgehead atoms. The van der Waals surface area contributed by atoms with Crippen LogP contribution in [-0.2, 0) is 32.0 Å². The molecule has 0 saturated carbocycles. The van der Waals surface area contributed by atoms with Gasteiger partial charge >= 0.3 is 7.82 Å². The zero-order chi connectivity index (χ0) is 32.8. The summed E-state index contributed by atoms with van der Waals surface area (Å²) in [6.45, 7) is -1.95. The van der Waals surface area contributed by atoms with E-state index in [0.717, 1.165) is 10.9 Å². The number of phosphoric ester groups is 2. The average molecular weight is 743 g/mol. The summed E-state index contributed by atoms with van der Waals surface area (Å²) in [5.74, 6) is -0.780. The Morgan fingerprint density at radius 3 is 2.51 bits per heavy atom. The van der Waals surface area contributed by atoms with Crippen LogP contribution in [0.25, 0.3) is 11.2 Å². The van der Waals surface area contributed by atoms with E-state index in [2.05, 4.69) is 44.2 Å². The maximum atomic E-state index is 12.4. The number of carbonyl (C=O) groups is 1. The highest BCUT2D eigenvalue weighted by molar-refractivity contribution is 9.10. The number of nitrogens with zero attached hydrogens (tertiary/aromatic N) is 4. The van der Waals surface area contributed by atoms with Crippen molar-refractivity contribution >= 4 is 48.6 Å². The lowest BCUT2D eigenvalue weighted by molar-refractivity contribution is -0.765. The molecule has 2 aliphatic heterocycles. The van der Waals surface area contributed by atoms with Gasteiger partial charge in [-0.05, 0) is 22.0 Å². The Hall–Kier alpha value is -2.53. The number of fused-ring (bicyclic) bond motifs is 1. The van der Waals surface area contributed by atoms with Crippen molar-refractivity contribution in [2.24, 2.45) is 5.73 Å². The highest BCUT2D eigenvalue weighted by Crippen LogP contribution is 2.58. The van der Waals surface area contributed by atoms with Crippen molar-refractivity contribution in [2.75, 3.05) is 13.2 Å². The minimum Gasteiger partial charge on any atom is -0.756 e. The first-order valence-electron chi connectivity index (χ1n) is 12.7. The largest absolute Gasteiger partial charge is 0.756 e. The van der Waals surface area contributed by atoms with E-state index in [0.29, 0.717) is 0 Å². The second-order valence-electron chi connectivity index (χ2n) is 9.74. The van der Waals surface area contributed by atoms with Gasteiger partial charge in [0.15, 0.2) is 40.6 Å². The third-order valence-corrected chi connectivity index (χ3v) is 9.90. The predicted molar refractivity (Wildman–Crippen MR) is 143 cm³/mol. The molecule has 5 rings (SSSR count). The van der Waals surface area contributed by atoms with E-state index in [1.54, 1.807) is 0 Å². The second-order valence-corrected chi connectivity index (χ2v) is 13.5. The fourth-order valence-corrected chi connectivity index (χ4v) is 7.22. The molecule has 2 aliphatic rings. The van der Waals surface area contributed by atoms with Crippen LogP contribution in [0.3, 0.4) is 0 Å². The number of imidazole rings is 1. The van der Waals surface area contributed by atoms with Gasteiger partial charge in [-0.15, -0.1) is 0 Å². The number of pyridine rings is 1. The summed E-state index contributed by atoms with van der Waals surface area (Å²) >= 11 is 3.11. The molecule has 1 amide bonds. The van der Waals surface area contributed by atoms with Crippen molar-refractivity contribution in [1.29, 1.82) is 0 Å². The molecule has 2 saturated heterocycles. The number of nitrogens with one attached hydrogen (secondary N) is 1. The standard InChI is InChI=1S/C21H25BrN6O15P2/c22-21-26-11-17(24-7-25-18(11)34)28(21)20-15(32)13(30)10(42-20)6-40-45(37,38)43-44(35,36)39-5-9-12(29)14(31)19(41-9)27-3-1-2-8(4-27)16(23)33/h1-4,7,9-10,12-15,19-20,29-32H,5-6H2,(H4-,23,24,25,33,34,35,36,37,38)/t9-,10-,12-,13-,14-,15-,19-,20-/m1/s1. The lowest BCUT2D eigenvalue weighted by atomic mass is 10.1. The van der Waals surface area contributed by atoms with Gasteiger partial charge in [0.25, 0.3) is 25.5 Å². The molecule has 0 aliphatic carbocycles. The van der Waals surface area contributed by atoms with Crippen LogP contribution in [-0.4, -0.2) is 101 Å². The molecule has 5 heterocycles. The molecule has 0 spiro atoms. The lowest BCUT2D eigenvalue weighted by Crippen LogP contribution is -2.46. The number of ether oxygens (including phenoxy) is 2. The van der Waals surface area contributed by atoms with Gasteiger partial charge in [0.2, 0.25) is 0 Å². The molecule has 10 atom stereocenters. The topological polar surface area (TPSA) is 315 Å². The monoisotopic (exact) mass is 742 g/mol. The molecule has 45 heavy (non-hydrogen) atoms.